The number of nitrogens with zero attached hydrogens (tertiary/aromatic N) is 1. The standard InChI is InChI=1S/C7H8I2N2O/c8-6-2-1-5(7(9)11-6)12-4-3-10/h1-2H,3-4,10H2. The Kier molecular flexibility index (Phi) is 4.51. The molecule has 0 unspecified atom stereocenters. The molecule has 0 bridgehead atoms. The van der Waals surface area contributed by atoms with Crippen LogP contribution >= 0.6 is 45.2 Å². The first-order valence-electron chi connectivity index (χ1n) is 3.39. The van der Waals surface area contributed by atoms with Gasteiger partial charge in [0.2, 0.25) is 0 Å². The highest BCUT2D eigenvalue weighted by atomic mass is 127. The van der Waals surface area contributed by atoms with E-state index in [0.29, 0.717) is 13.2 Å². The molecule has 0 atom stereocenters. The van der Waals surface area contributed by atoms with Gasteiger partial charge in [0.15, 0.2) is 5.75 Å². The quantitative estimate of drug-likeness (QED) is 0.631. The summed E-state index contributed by atoms with van der Waals surface area (Å²) >= 11 is 4.31. The Hall–Kier alpha value is 0.370. The Labute approximate surface area is 98.4 Å². The van der Waals surface area contributed by atoms with Gasteiger partial charge in [-0.25, -0.2) is 4.98 Å². The van der Waals surface area contributed by atoms with Gasteiger partial charge in [-0.15, -0.1) is 0 Å². The summed E-state index contributed by atoms with van der Waals surface area (Å²) in [5.74, 6) is 0.807. The Morgan fingerprint density at radius 3 is 2.75 bits per heavy atom. The summed E-state index contributed by atoms with van der Waals surface area (Å²) in [7, 11) is 0. The number of pyridine rings is 1. The van der Waals surface area contributed by atoms with E-state index in [0.717, 1.165) is 13.2 Å². The smallest absolute Gasteiger partial charge is 0.151 e. The predicted octanol–water partition coefficient (Wildman–Crippen LogP) is 1.63. The molecule has 0 saturated heterocycles. The first kappa shape index (κ1) is 10.5. The van der Waals surface area contributed by atoms with Crippen LogP contribution in [0.1, 0.15) is 0 Å². The Morgan fingerprint density at radius 1 is 1.42 bits per heavy atom. The van der Waals surface area contributed by atoms with Gasteiger partial charge < -0.3 is 10.5 Å². The number of rotatable bonds is 3. The monoisotopic (exact) mass is 390 g/mol. The molecule has 0 aliphatic carbocycles. The van der Waals surface area contributed by atoms with E-state index in [1.165, 1.54) is 0 Å². The van der Waals surface area contributed by atoms with Gasteiger partial charge in [0, 0.05) is 6.54 Å². The summed E-state index contributed by atoms with van der Waals surface area (Å²) in [5, 5.41) is 0. The molecule has 0 amide bonds. The van der Waals surface area contributed by atoms with Gasteiger partial charge in [0.05, 0.1) is 0 Å². The third kappa shape index (κ3) is 3.02. The van der Waals surface area contributed by atoms with E-state index < -0.39 is 0 Å². The molecule has 0 radical (unpaired) electrons. The second-order valence-corrected chi connectivity index (χ2v) is 4.19. The van der Waals surface area contributed by atoms with Crippen molar-refractivity contribution in [2.24, 2.45) is 5.73 Å². The summed E-state index contributed by atoms with van der Waals surface area (Å²) in [4.78, 5) is 4.23. The molecule has 0 aliphatic heterocycles. The van der Waals surface area contributed by atoms with E-state index in [4.69, 9.17) is 10.5 Å². The minimum Gasteiger partial charge on any atom is -0.490 e. The van der Waals surface area contributed by atoms with Gasteiger partial charge in [0.1, 0.15) is 14.0 Å². The Bertz CT molecular complexity index is 268. The molecular weight excluding hydrogens is 382 g/mol. The van der Waals surface area contributed by atoms with Gasteiger partial charge >= 0.3 is 0 Å². The molecule has 1 aromatic rings. The van der Waals surface area contributed by atoms with Crippen molar-refractivity contribution in [1.29, 1.82) is 0 Å². The number of ether oxygens (including phenoxy) is 1. The van der Waals surface area contributed by atoms with E-state index in [-0.39, 0.29) is 0 Å². The average molecular weight is 390 g/mol. The maximum Gasteiger partial charge on any atom is 0.151 e. The number of hydrogen-bond acceptors (Lipinski definition) is 3. The number of aromatic nitrogens is 1. The molecule has 66 valence electrons. The molecule has 0 spiro atoms. The number of halogens is 2. The molecule has 1 rings (SSSR count). The molecule has 2 N–H and O–H groups in total. The van der Waals surface area contributed by atoms with Crippen molar-refractivity contribution >= 4 is 45.2 Å². The van der Waals surface area contributed by atoms with Crippen LogP contribution in [-0.4, -0.2) is 18.1 Å². The van der Waals surface area contributed by atoms with Crippen LogP contribution in [0.2, 0.25) is 0 Å². The maximum absolute atomic E-state index is 5.34. The van der Waals surface area contributed by atoms with Crippen LogP contribution in [0.3, 0.4) is 0 Å². The SMILES string of the molecule is NCCOc1ccc(I)nc1I. The van der Waals surface area contributed by atoms with Crippen molar-refractivity contribution in [2.75, 3.05) is 13.2 Å². The lowest BCUT2D eigenvalue weighted by Crippen LogP contribution is -2.11. The van der Waals surface area contributed by atoms with Crippen LogP contribution in [0.25, 0.3) is 0 Å². The molecule has 3 nitrogen and oxygen atoms in total. The Balaban J connectivity index is 2.72. The topological polar surface area (TPSA) is 48.1 Å². The van der Waals surface area contributed by atoms with Crippen molar-refractivity contribution in [2.45, 2.75) is 0 Å². The second-order valence-electron chi connectivity index (χ2n) is 2.06. The lowest BCUT2D eigenvalue weighted by molar-refractivity contribution is 0.324. The molecule has 1 heterocycles. The number of hydrogen-bond donors (Lipinski definition) is 1. The summed E-state index contributed by atoms with van der Waals surface area (Å²) < 4.78 is 7.19. The van der Waals surface area contributed by atoms with Gasteiger partial charge in [-0.2, -0.15) is 0 Å². The largest absolute Gasteiger partial charge is 0.490 e. The van der Waals surface area contributed by atoms with Gasteiger partial charge in [0.25, 0.3) is 0 Å². The van der Waals surface area contributed by atoms with Crippen molar-refractivity contribution in [1.82, 2.24) is 4.98 Å². The highest BCUT2D eigenvalue weighted by molar-refractivity contribution is 14.1. The van der Waals surface area contributed by atoms with Crippen molar-refractivity contribution in [3.05, 3.63) is 19.5 Å². The molecular formula is C7H8I2N2O. The van der Waals surface area contributed by atoms with E-state index >= 15 is 0 Å². The van der Waals surface area contributed by atoms with Crippen LogP contribution in [-0.2, 0) is 0 Å². The van der Waals surface area contributed by atoms with Crippen LogP contribution in [0.15, 0.2) is 12.1 Å². The molecule has 12 heavy (non-hydrogen) atoms. The molecule has 1 aromatic heterocycles. The zero-order valence-corrected chi connectivity index (χ0v) is 10.6. The molecule has 0 aromatic carbocycles. The minimum atomic E-state index is 0.530. The normalized spacial score (nSPS) is 9.92. The third-order valence-corrected chi connectivity index (χ3v) is 2.53. The van der Waals surface area contributed by atoms with Crippen LogP contribution in [0.5, 0.6) is 5.75 Å². The predicted molar refractivity (Wildman–Crippen MR) is 64.2 cm³/mol. The van der Waals surface area contributed by atoms with Crippen LogP contribution < -0.4 is 10.5 Å². The highest BCUT2D eigenvalue weighted by Crippen LogP contribution is 2.19. The highest BCUT2D eigenvalue weighted by Gasteiger charge is 2.01. The summed E-state index contributed by atoms with van der Waals surface area (Å²) in [5.41, 5.74) is 5.31. The molecule has 0 fully saturated rings. The fraction of sp³-hybridized carbons (Fsp3) is 0.286. The van der Waals surface area contributed by atoms with Gasteiger partial charge in [-0.05, 0) is 57.3 Å². The van der Waals surface area contributed by atoms with E-state index in [9.17, 15) is 0 Å². The fourth-order valence-electron chi connectivity index (χ4n) is 0.676. The van der Waals surface area contributed by atoms with E-state index in [1.807, 2.05) is 12.1 Å². The molecule has 0 aliphatic rings. The zero-order chi connectivity index (χ0) is 8.97. The average Bonchev–Trinajstić information content (AvgIpc) is 2.03. The van der Waals surface area contributed by atoms with Crippen molar-refractivity contribution in [3.63, 3.8) is 0 Å². The molecule has 5 heteroatoms. The molecule has 0 saturated carbocycles. The van der Waals surface area contributed by atoms with Gasteiger partial charge in [-0.3, -0.25) is 0 Å². The van der Waals surface area contributed by atoms with Crippen LogP contribution in [0.4, 0.5) is 0 Å². The maximum atomic E-state index is 5.34. The number of nitrogens with two attached hydrogens (primary N) is 1. The van der Waals surface area contributed by atoms with Gasteiger partial charge in [-0.1, -0.05) is 0 Å². The van der Waals surface area contributed by atoms with E-state index in [2.05, 4.69) is 50.2 Å². The summed E-state index contributed by atoms with van der Waals surface area (Å²) in [6.07, 6.45) is 0. The van der Waals surface area contributed by atoms with Crippen molar-refractivity contribution < 1.29 is 4.74 Å². The second kappa shape index (κ2) is 5.18. The Morgan fingerprint density at radius 2 is 2.17 bits per heavy atom. The summed E-state index contributed by atoms with van der Waals surface area (Å²) in [6, 6.07) is 3.82. The van der Waals surface area contributed by atoms with Crippen LogP contribution in [0, 0.1) is 7.40 Å². The first-order chi connectivity index (χ1) is 5.74. The lowest BCUT2D eigenvalue weighted by Gasteiger charge is -2.05. The summed E-state index contributed by atoms with van der Waals surface area (Å²) in [6.45, 7) is 1.07. The van der Waals surface area contributed by atoms with Crippen molar-refractivity contribution in [3.8, 4) is 5.75 Å². The first-order valence-corrected chi connectivity index (χ1v) is 5.54. The lowest BCUT2D eigenvalue weighted by atomic mass is 10.5. The zero-order valence-electron chi connectivity index (χ0n) is 6.26. The minimum absolute atomic E-state index is 0.530. The fourth-order valence-corrected chi connectivity index (χ4v) is 2.15. The van der Waals surface area contributed by atoms with E-state index in [1.54, 1.807) is 0 Å². The third-order valence-electron chi connectivity index (χ3n) is 1.16.